The van der Waals surface area contributed by atoms with E-state index in [0.717, 1.165) is 0 Å². The molecule has 0 aliphatic rings. The summed E-state index contributed by atoms with van der Waals surface area (Å²) in [6.45, 7) is 2.27. The highest BCUT2D eigenvalue weighted by Crippen LogP contribution is 2.28. The fraction of sp³-hybridized carbons (Fsp3) is 0.273. The minimum atomic E-state index is -0.592. The second-order valence-electron chi connectivity index (χ2n) is 3.39. The molecule has 0 unspecified atom stereocenters. The highest BCUT2D eigenvalue weighted by molar-refractivity contribution is 5.67. The molecule has 0 saturated carbocycles. The van der Waals surface area contributed by atoms with Crippen molar-refractivity contribution in [1.29, 1.82) is 0 Å². The molecule has 0 atom stereocenters. The highest BCUT2D eigenvalue weighted by atomic mass is 17.2. The van der Waals surface area contributed by atoms with Crippen molar-refractivity contribution in [2.75, 3.05) is 19.0 Å². The zero-order chi connectivity index (χ0) is 13.0. The summed E-state index contributed by atoms with van der Waals surface area (Å²) in [5.74, 6) is 0.319. The van der Waals surface area contributed by atoms with Crippen molar-refractivity contribution in [3.05, 3.63) is 28.7 Å². The largest absolute Gasteiger partial charge is 0.439 e. The fourth-order valence-electron chi connectivity index (χ4n) is 1.42. The van der Waals surface area contributed by atoms with E-state index in [-0.39, 0.29) is 0 Å². The van der Waals surface area contributed by atoms with Crippen molar-refractivity contribution in [1.82, 2.24) is 10.1 Å². The molecule has 0 saturated heterocycles. The van der Waals surface area contributed by atoms with E-state index in [1.165, 1.54) is 0 Å². The molecule has 0 aliphatic heterocycles. The standard InChI is InChI=1S/C11H13N3O4/c1-3-16-18-9-5-4-7(6-8(9)12-2)10-13-11(15)17-14-10/h4-6,12H,3H2,1-2H3,(H,13,14,15). The van der Waals surface area contributed by atoms with Crippen molar-refractivity contribution >= 4 is 5.69 Å². The van der Waals surface area contributed by atoms with Gasteiger partial charge in [-0.15, -0.1) is 0 Å². The quantitative estimate of drug-likeness (QED) is 0.616. The van der Waals surface area contributed by atoms with Crippen LogP contribution in [0, 0.1) is 0 Å². The number of nitrogens with one attached hydrogen (secondary N) is 2. The molecule has 1 heterocycles. The Balaban J connectivity index is 2.32. The maximum absolute atomic E-state index is 10.9. The van der Waals surface area contributed by atoms with Gasteiger partial charge in [0.25, 0.3) is 0 Å². The Hall–Kier alpha value is -2.28. The molecular formula is C11H13N3O4. The number of hydrogen-bond donors (Lipinski definition) is 2. The smallest absolute Gasteiger partial charge is 0.385 e. The molecule has 0 amide bonds. The lowest BCUT2D eigenvalue weighted by Gasteiger charge is -2.09. The third-order valence-corrected chi connectivity index (χ3v) is 2.23. The van der Waals surface area contributed by atoms with Gasteiger partial charge in [0, 0.05) is 12.6 Å². The van der Waals surface area contributed by atoms with Crippen LogP contribution in [0.1, 0.15) is 6.92 Å². The van der Waals surface area contributed by atoms with Gasteiger partial charge in [-0.25, -0.2) is 4.79 Å². The maximum Gasteiger partial charge on any atom is 0.439 e. The summed E-state index contributed by atoms with van der Waals surface area (Å²) in [4.78, 5) is 23.3. The average Bonchev–Trinajstić information content (AvgIpc) is 2.83. The van der Waals surface area contributed by atoms with Crippen LogP contribution in [0.25, 0.3) is 11.4 Å². The van der Waals surface area contributed by atoms with E-state index in [2.05, 4.69) is 20.0 Å². The van der Waals surface area contributed by atoms with E-state index >= 15 is 0 Å². The van der Waals surface area contributed by atoms with Gasteiger partial charge in [-0.3, -0.25) is 9.51 Å². The minimum Gasteiger partial charge on any atom is -0.385 e. The highest BCUT2D eigenvalue weighted by Gasteiger charge is 2.09. The molecule has 18 heavy (non-hydrogen) atoms. The van der Waals surface area contributed by atoms with E-state index < -0.39 is 5.76 Å². The molecule has 7 nitrogen and oxygen atoms in total. The van der Waals surface area contributed by atoms with Crippen molar-refractivity contribution in [3.63, 3.8) is 0 Å². The summed E-state index contributed by atoms with van der Waals surface area (Å²) < 4.78 is 4.45. The van der Waals surface area contributed by atoms with E-state index in [9.17, 15) is 4.79 Å². The Morgan fingerprint density at radius 2 is 2.33 bits per heavy atom. The van der Waals surface area contributed by atoms with E-state index in [4.69, 9.17) is 9.78 Å². The van der Waals surface area contributed by atoms with Crippen molar-refractivity contribution < 1.29 is 14.3 Å². The Morgan fingerprint density at radius 1 is 1.50 bits per heavy atom. The van der Waals surface area contributed by atoms with E-state index in [1.54, 1.807) is 25.2 Å². The molecule has 7 heteroatoms. The molecule has 0 bridgehead atoms. The SMILES string of the molecule is CCOOc1ccc(-c2noc(=O)[nH]2)cc1NC. The van der Waals surface area contributed by atoms with Gasteiger partial charge >= 0.3 is 5.76 Å². The summed E-state index contributed by atoms with van der Waals surface area (Å²) >= 11 is 0. The first-order chi connectivity index (χ1) is 8.74. The van der Waals surface area contributed by atoms with Gasteiger partial charge in [-0.05, 0) is 25.1 Å². The molecule has 1 aromatic carbocycles. The third kappa shape index (κ3) is 2.51. The molecule has 96 valence electrons. The molecule has 2 aromatic rings. The number of aromatic amines is 1. The summed E-state index contributed by atoms with van der Waals surface area (Å²) in [6, 6.07) is 5.22. The number of anilines is 1. The van der Waals surface area contributed by atoms with Crippen LogP contribution in [-0.4, -0.2) is 23.8 Å². The Labute approximate surface area is 103 Å². The molecule has 1 aromatic heterocycles. The number of benzene rings is 1. The Bertz CT molecular complexity index is 576. The maximum atomic E-state index is 10.9. The molecule has 0 aliphatic carbocycles. The second kappa shape index (κ2) is 5.37. The van der Waals surface area contributed by atoms with Crippen LogP contribution in [0.5, 0.6) is 5.75 Å². The molecule has 2 N–H and O–H groups in total. The molecule has 0 spiro atoms. The lowest BCUT2D eigenvalue weighted by molar-refractivity contribution is -0.201. The summed E-state index contributed by atoms with van der Waals surface area (Å²) in [5.41, 5.74) is 1.42. The van der Waals surface area contributed by atoms with Crippen LogP contribution in [0.15, 0.2) is 27.5 Å². The van der Waals surface area contributed by atoms with E-state index in [1.807, 2.05) is 6.92 Å². The van der Waals surface area contributed by atoms with Crippen LogP contribution in [0.4, 0.5) is 5.69 Å². The van der Waals surface area contributed by atoms with Crippen molar-refractivity contribution in [2.24, 2.45) is 0 Å². The van der Waals surface area contributed by atoms with Gasteiger partial charge < -0.3 is 10.2 Å². The van der Waals surface area contributed by atoms with Crippen LogP contribution in [0.2, 0.25) is 0 Å². The third-order valence-electron chi connectivity index (χ3n) is 2.23. The van der Waals surface area contributed by atoms with E-state index in [0.29, 0.717) is 29.4 Å². The zero-order valence-electron chi connectivity index (χ0n) is 10.0. The lowest BCUT2D eigenvalue weighted by atomic mass is 10.2. The summed E-state index contributed by atoms with van der Waals surface area (Å²) in [6.07, 6.45) is 0. The van der Waals surface area contributed by atoms with Gasteiger partial charge in [0.05, 0.1) is 12.3 Å². The van der Waals surface area contributed by atoms with Gasteiger partial charge in [0.2, 0.25) is 0 Å². The molecule has 2 rings (SSSR count). The normalized spacial score (nSPS) is 10.3. The fourth-order valence-corrected chi connectivity index (χ4v) is 1.42. The molecule has 0 radical (unpaired) electrons. The monoisotopic (exact) mass is 251 g/mol. The van der Waals surface area contributed by atoms with Gasteiger partial charge in [-0.2, -0.15) is 4.89 Å². The number of aromatic nitrogens is 2. The molecular weight excluding hydrogens is 238 g/mol. The predicted octanol–water partition coefficient (Wildman–Crippen LogP) is 1.40. The van der Waals surface area contributed by atoms with Crippen LogP contribution in [-0.2, 0) is 4.89 Å². The van der Waals surface area contributed by atoms with Gasteiger partial charge in [0.1, 0.15) is 0 Å². The van der Waals surface area contributed by atoms with Gasteiger partial charge in [0.15, 0.2) is 11.6 Å². The average molecular weight is 251 g/mol. The number of H-pyrrole nitrogens is 1. The molecule has 0 fully saturated rings. The van der Waals surface area contributed by atoms with Crippen molar-refractivity contribution in [3.8, 4) is 17.1 Å². The van der Waals surface area contributed by atoms with Crippen molar-refractivity contribution in [2.45, 2.75) is 6.92 Å². The van der Waals surface area contributed by atoms with Crippen LogP contribution in [0.3, 0.4) is 0 Å². The number of rotatable bonds is 5. The first-order valence-corrected chi connectivity index (χ1v) is 5.42. The minimum absolute atomic E-state index is 0.361. The lowest BCUT2D eigenvalue weighted by Crippen LogP contribution is -2.00. The summed E-state index contributed by atoms with van der Waals surface area (Å²) in [5, 5.41) is 6.58. The second-order valence-corrected chi connectivity index (χ2v) is 3.39. The first-order valence-electron chi connectivity index (χ1n) is 5.42. The Kier molecular flexibility index (Phi) is 3.63. The predicted molar refractivity (Wildman–Crippen MR) is 64.4 cm³/mol. The van der Waals surface area contributed by atoms with Crippen LogP contribution < -0.4 is 16.0 Å². The first kappa shape index (κ1) is 12.2. The Morgan fingerprint density at radius 3 is 2.94 bits per heavy atom. The number of nitrogens with zero attached hydrogens (tertiary/aromatic N) is 1. The van der Waals surface area contributed by atoms with Crippen LogP contribution >= 0.6 is 0 Å². The summed E-state index contributed by atoms with van der Waals surface area (Å²) in [7, 11) is 1.75. The topological polar surface area (TPSA) is 89.4 Å². The number of hydrogen-bond acceptors (Lipinski definition) is 6. The zero-order valence-corrected chi connectivity index (χ0v) is 10.0. The van der Waals surface area contributed by atoms with Gasteiger partial charge in [-0.1, -0.05) is 5.16 Å².